The number of benzene rings is 2. The summed E-state index contributed by atoms with van der Waals surface area (Å²) in [6, 6.07) is 12.8. The third-order valence-electron chi connectivity index (χ3n) is 5.14. The molecule has 2 heterocycles. The number of aryl methyl sites for hydroxylation is 1. The lowest BCUT2D eigenvalue weighted by Crippen LogP contribution is -2.13. The molecular weight excluding hydrogens is 368 g/mol. The summed E-state index contributed by atoms with van der Waals surface area (Å²) in [5, 5.41) is 11.7. The smallest absolute Gasteiger partial charge is 0.259 e. The zero-order chi connectivity index (χ0) is 20.2. The standard InChI is InChI=1S/C22H24N4O3/c1-28-17-10-11-19(29-2)18(14-17)22(27)23-16-8-6-7-15(13-16)21-25-24-20-9-4-3-5-12-26(20)21/h6-8,10-11,13-14H,3-5,9,12H2,1-2H3,(H,23,27). The molecule has 1 aliphatic rings. The number of methoxy groups -OCH3 is 2. The predicted molar refractivity (Wildman–Crippen MR) is 111 cm³/mol. The minimum Gasteiger partial charge on any atom is -0.497 e. The maximum absolute atomic E-state index is 12.9. The zero-order valence-corrected chi connectivity index (χ0v) is 16.6. The summed E-state index contributed by atoms with van der Waals surface area (Å²) >= 11 is 0. The van der Waals surface area contributed by atoms with Gasteiger partial charge >= 0.3 is 0 Å². The van der Waals surface area contributed by atoms with E-state index in [4.69, 9.17) is 9.47 Å². The SMILES string of the molecule is COc1ccc(OC)c(C(=O)Nc2cccc(-c3nnc4n3CCCCC4)c2)c1. The second-order valence-electron chi connectivity index (χ2n) is 7.00. The Kier molecular flexibility index (Phi) is 5.46. The Morgan fingerprint density at radius 2 is 1.93 bits per heavy atom. The zero-order valence-electron chi connectivity index (χ0n) is 16.6. The highest BCUT2D eigenvalue weighted by Crippen LogP contribution is 2.27. The monoisotopic (exact) mass is 392 g/mol. The van der Waals surface area contributed by atoms with Gasteiger partial charge in [0.05, 0.1) is 19.8 Å². The van der Waals surface area contributed by atoms with Crippen LogP contribution in [0.15, 0.2) is 42.5 Å². The molecule has 1 aromatic heterocycles. The lowest BCUT2D eigenvalue weighted by molar-refractivity contribution is 0.102. The number of aromatic nitrogens is 3. The number of ether oxygens (including phenoxy) is 2. The Morgan fingerprint density at radius 3 is 2.76 bits per heavy atom. The molecule has 150 valence electrons. The van der Waals surface area contributed by atoms with Crippen molar-refractivity contribution < 1.29 is 14.3 Å². The average Bonchev–Trinajstić information content (AvgIpc) is 3.01. The molecule has 0 bridgehead atoms. The molecule has 7 nitrogen and oxygen atoms in total. The summed E-state index contributed by atoms with van der Waals surface area (Å²) in [4.78, 5) is 12.9. The number of rotatable bonds is 5. The number of carbonyl (C=O) groups excluding carboxylic acids is 1. The quantitative estimate of drug-likeness (QED) is 0.712. The third kappa shape index (κ3) is 3.94. The van der Waals surface area contributed by atoms with Gasteiger partial charge in [0.25, 0.3) is 5.91 Å². The van der Waals surface area contributed by atoms with E-state index in [0.29, 0.717) is 22.7 Å². The number of nitrogens with zero attached hydrogens (tertiary/aromatic N) is 3. The first-order chi connectivity index (χ1) is 14.2. The van der Waals surface area contributed by atoms with Crippen molar-refractivity contribution in [2.24, 2.45) is 0 Å². The number of hydrogen-bond donors (Lipinski definition) is 1. The maximum atomic E-state index is 12.9. The number of hydrogen-bond acceptors (Lipinski definition) is 5. The molecule has 29 heavy (non-hydrogen) atoms. The van der Waals surface area contributed by atoms with Crippen LogP contribution >= 0.6 is 0 Å². The Balaban J connectivity index is 1.61. The molecule has 7 heteroatoms. The van der Waals surface area contributed by atoms with Crippen molar-refractivity contribution in [1.29, 1.82) is 0 Å². The summed E-state index contributed by atoms with van der Waals surface area (Å²) in [7, 11) is 3.10. The molecule has 0 aliphatic carbocycles. The highest BCUT2D eigenvalue weighted by Gasteiger charge is 2.17. The largest absolute Gasteiger partial charge is 0.497 e. The molecule has 0 saturated heterocycles. The Hall–Kier alpha value is -3.35. The van der Waals surface area contributed by atoms with Crippen LogP contribution in [0.4, 0.5) is 5.69 Å². The summed E-state index contributed by atoms with van der Waals surface area (Å²) < 4.78 is 12.7. The number of nitrogens with one attached hydrogen (secondary N) is 1. The van der Waals surface area contributed by atoms with Gasteiger partial charge in [0.2, 0.25) is 0 Å². The number of anilines is 1. The van der Waals surface area contributed by atoms with Crippen LogP contribution < -0.4 is 14.8 Å². The Labute approximate surface area is 169 Å². The fourth-order valence-electron chi connectivity index (χ4n) is 3.62. The van der Waals surface area contributed by atoms with E-state index in [-0.39, 0.29) is 5.91 Å². The number of amides is 1. The van der Waals surface area contributed by atoms with Crippen LogP contribution in [0.25, 0.3) is 11.4 Å². The number of carbonyl (C=O) groups is 1. The highest BCUT2D eigenvalue weighted by atomic mass is 16.5. The summed E-state index contributed by atoms with van der Waals surface area (Å²) in [5.41, 5.74) is 2.03. The van der Waals surface area contributed by atoms with Crippen molar-refractivity contribution >= 4 is 11.6 Å². The average molecular weight is 392 g/mol. The van der Waals surface area contributed by atoms with Crippen LogP contribution in [0.2, 0.25) is 0 Å². The lowest BCUT2D eigenvalue weighted by atomic mass is 10.1. The molecular formula is C22H24N4O3. The van der Waals surface area contributed by atoms with Gasteiger partial charge < -0.3 is 19.4 Å². The minimum atomic E-state index is -0.266. The fraction of sp³-hybridized carbons (Fsp3) is 0.318. The molecule has 1 aliphatic heterocycles. The van der Waals surface area contributed by atoms with Gasteiger partial charge in [0.15, 0.2) is 5.82 Å². The van der Waals surface area contributed by atoms with Gasteiger partial charge in [0.1, 0.15) is 17.3 Å². The molecule has 0 spiro atoms. The van der Waals surface area contributed by atoms with Gasteiger partial charge in [0, 0.05) is 24.2 Å². The topological polar surface area (TPSA) is 78.3 Å². The molecule has 2 aromatic carbocycles. The Morgan fingerprint density at radius 1 is 1.03 bits per heavy atom. The van der Waals surface area contributed by atoms with E-state index in [1.165, 1.54) is 13.5 Å². The first-order valence-electron chi connectivity index (χ1n) is 9.75. The fourth-order valence-corrected chi connectivity index (χ4v) is 3.62. The van der Waals surface area contributed by atoms with Crippen LogP contribution in [0.1, 0.15) is 35.4 Å². The van der Waals surface area contributed by atoms with Gasteiger partial charge in [-0.25, -0.2) is 0 Å². The number of fused-ring (bicyclic) bond motifs is 1. The van der Waals surface area contributed by atoms with E-state index in [1.54, 1.807) is 25.3 Å². The van der Waals surface area contributed by atoms with Crippen molar-refractivity contribution in [1.82, 2.24) is 14.8 Å². The van der Waals surface area contributed by atoms with Crippen molar-refractivity contribution in [3.05, 3.63) is 53.9 Å². The maximum Gasteiger partial charge on any atom is 0.259 e. The first-order valence-corrected chi connectivity index (χ1v) is 9.75. The first kappa shape index (κ1) is 19.0. The Bertz CT molecular complexity index is 1030. The van der Waals surface area contributed by atoms with Crippen molar-refractivity contribution in [2.75, 3.05) is 19.5 Å². The van der Waals surface area contributed by atoms with E-state index in [0.717, 1.165) is 43.0 Å². The van der Waals surface area contributed by atoms with Crippen LogP contribution in [0.3, 0.4) is 0 Å². The molecule has 0 radical (unpaired) electrons. The van der Waals surface area contributed by atoms with Gasteiger partial charge in [-0.2, -0.15) is 0 Å². The molecule has 3 aromatic rings. The van der Waals surface area contributed by atoms with E-state index >= 15 is 0 Å². The molecule has 0 saturated carbocycles. The predicted octanol–water partition coefficient (Wildman–Crippen LogP) is 3.94. The van der Waals surface area contributed by atoms with Crippen molar-refractivity contribution in [3.63, 3.8) is 0 Å². The molecule has 0 atom stereocenters. The van der Waals surface area contributed by atoms with Gasteiger partial charge in [-0.15, -0.1) is 10.2 Å². The van der Waals surface area contributed by atoms with Gasteiger partial charge in [-0.1, -0.05) is 18.6 Å². The lowest BCUT2D eigenvalue weighted by Gasteiger charge is -2.12. The molecule has 1 N–H and O–H groups in total. The van der Waals surface area contributed by atoms with Crippen molar-refractivity contribution in [2.45, 2.75) is 32.2 Å². The van der Waals surface area contributed by atoms with E-state index in [2.05, 4.69) is 20.1 Å². The molecule has 0 fully saturated rings. The van der Waals surface area contributed by atoms with Crippen LogP contribution in [0, 0.1) is 0 Å². The van der Waals surface area contributed by atoms with Crippen LogP contribution in [-0.4, -0.2) is 34.9 Å². The van der Waals surface area contributed by atoms with E-state index in [1.807, 2.05) is 24.3 Å². The normalized spacial score (nSPS) is 13.3. The molecule has 1 amide bonds. The van der Waals surface area contributed by atoms with Crippen LogP contribution in [0.5, 0.6) is 11.5 Å². The third-order valence-corrected chi connectivity index (χ3v) is 5.14. The summed E-state index contributed by atoms with van der Waals surface area (Å²) in [6.07, 6.45) is 4.45. The minimum absolute atomic E-state index is 0.266. The van der Waals surface area contributed by atoms with Gasteiger partial charge in [-0.3, -0.25) is 4.79 Å². The van der Waals surface area contributed by atoms with E-state index in [9.17, 15) is 4.79 Å². The highest BCUT2D eigenvalue weighted by molar-refractivity contribution is 6.06. The van der Waals surface area contributed by atoms with Gasteiger partial charge in [-0.05, 0) is 43.2 Å². The van der Waals surface area contributed by atoms with Crippen LogP contribution in [-0.2, 0) is 13.0 Å². The second-order valence-corrected chi connectivity index (χ2v) is 7.00. The second kappa shape index (κ2) is 8.34. The summed E-state index contributed by atoms with van der Waals surface area (Å²) in [5.74, 6) is 2.70. The molecule has 4 rings (SSSR count). The van der Waals surface area contributed by atoms with E-state index < -0.39 is 0 Å². The molecule has 0 unspecified atom stereocenters. The van der Waals surface area contributed by atoms with Crippen molar-refractivity contribution in [3.8, 4) is 22.9 Å². The summed E-state index contributed by atoms with van der Waals surface area (Å²) in [6.45, 7) is 0.926.